The van der Waals surface area contributed by atoms with Crippen LogP contribution in [-0.2, 0) is 6.42 Å². The molecule has 0 saturated carbocycles. The molecule has 6 heteroatoms. The van der Waals surface area contributed by atoms with Crippen molar-refractivity contribution < 1.29 is 19.1 Å². The minimum absolute atomic E-state index is 0.251. The van der Waals surface area contributed by atoms with Gasteiger partial charge in [0.05, 0.1) is 23.9 Å². The van der Waals surface area contributed by atoms with Crippen LogP contribution in [0.25, 0.3) is 0 Å². The quantitative estimate of drug-likeness (QED) is 0.639. The molecule has 0 radical (unpaired) electrons. The van der Waals surface area contributed by atoms with Crippen LogP contribution in [0, 0.1) is 0 Å². The minimum Gasteiger partial charge on any atom is -0.495 e. The molecule has 1 N–H and O–H groups in total. The summed E-state index contributed by atoms with van der Waals surface area (Å²) in [6.45, 7) is 0.291. The van der Waals surface area contributed by atoms with Crippen molar-refractivity contribution in [1.29, 1.82) is 0 Å². The molecule has 0 aromatic heterocycles. The Bertz CT molecular complexity index is 1130. The summed E-state index contributed by atoms with van der Waals surface area (Å²) in [5.74, 6) is -0.559. The van der Waals surface area contributed by atoms with Crippen LogP contribution in [0.2, 0.25) is 0 Å². The maximum Gasteiger partial charge on any atom is 0.261 e. The van der Waals surface area contributed by atoms with Gasteiger partial charge in [-0.3, -0.25) is 19.3 Å². The standard InChI is InChI=1S/C24H20N2O4/c1-30-21-10-6-5-9-20(21)25-22(27)17-11-12-18-19(15-17)24(29)26(23(18)28)14-13-16-7-3-2-4-8-16/h2-12,15H,13-14H2,1H3,(H,25,27). The number of imide groups is 1. The minimum atomic E-state index is -0.384. The molecule has 0 aliphatic carbocycles. The molecular weight excluding hydrogens is 380 g/mol. The zero-order valence-electron chi connectivity index (χ0n) is 16.4. The summed E-state index contributed by atoms with van der Waals surface area (Å²) in [4.78, 5) is 39.4. The molecule has 4 rings (SSSR count). The van der Waals surface area contributed by atoms with Crippen molar-refractivity contribution in [3.05, 3.63) is 95.1 Å². The number of methoxy groups -OCH3 is 1. The number of fused-ring (bicyclic) bond motifs is 1. The second-order valence-electron chi connectivity index (χ2n) is 6.91. The maximum absolute atomic E-state index is 12.8. The summed E-state index contributed by atoms with van der Waals surface area (Å²) < 4.78 is 5.24. The molecular formula is C24H20N2O4. The van der Waals surface area contributed by atoms with Gasteiger partial charge < -0.3 is 10.1 Å². The van der Waals surface area contributed by atoms with Crippen molar-refractivity contribution >= 4 is 23.4 Å². The first kappa shape index (κ1) is 19.4. The molecule has 0 fully saturated rings. The predicted molar refractivity (Wildman–Crippen MR) is 113 cm³/mol. The molecule has 0 unspecified atom stereocenters. The number of hydrogen-bond acceptors (Lipinski definition) is 4. The molecule has 150 valence electrons. The predicted octanol–water partition coefficient (Wildman–Crippen LogP) is 3.79. The van der Waals surface area contributed by atoms with Gasteiger partial charge in [-0.15, -0.1) is 0 Å². The van der Waals surface area contributed by atoms with Gasteiger partial charge in [0.15, 0.2) is 0 Å². The van der Waals surface area contributed by atoms with Crippen LogP contribution in [-0.4, -0.2) is 36.3 Å². The van der Waals surface area contributed by atoms with E-state index in [2.05, 4.69) is 5.32 Å². The molecule has 30 heavy (non-hydrogen) atoms. The van der Waals surface area contributed by atoms with E-state index in [0.717, 1.165) is 5.56 Å². The van der Waals surface area contributed by atoms with Gasteiger partial charge in [-0.25, -0.2) is 0 Å². The summed E-state index contributed by atoms with van der Waals surface area (Å²) in [7, 11) is 1.52. The number of para-hydroxylation sites is 2. The van der Waals surface area contributed by atoms with Gasteiger partial charge in [-0.1, -0.05) is 42.5 Å². The van der Waals surface area contributed by atoms with Crippen LogP contribution in [0.5, 0.6) is 5.75 Å². The Morgan fingerprint density at radius 1 is 0.900 bits per heavy atom. The molecule has 3 aromatic rings. The number of carbonyl (C=O) groups excluding carboxylic acids is 3. The zero-order valence-corrected chi connectivity index (χ0v) is 16.4. The van der Waals surface area contributed by atoms with Crippen molar-refractivity contribution in [2.75, 3.05) is 19.0 Å². The van der Waals surface area contributed by atoms with E-state index in [0.29, 0.717) is 35.5 Å². The van der Waals surface area contributed by atoms with Crippen molar-refractivity contribution in [2.24, 2.45) is 0 Å². The Balaban J connectivity index is 1.52. The van der Waals surface area contributed by atoms with Gasteiger partial charge >= 0.3 is 0 Å². The average Bonchev–Trinajstić information content (AvgIpc) is 3.02. The normalized spacial score (nSPS) is 12.6. The maximum atomic E-state index is 12.8. The van der Waals surface area contributed by atoms with Crippen molar-refractivity contribution in [3.63, 3.8) is 0 Å². The second-order valence-corrected chi connectivity index (χ2v) is 6.91. The first-order chi connectivity index (χ1) is 14.6. The lowest BCUT2D eigenvalue weighted by Gasteiger charge is -2.13. The van der Waals surface area contributed by atoms with Gasteiger partial charge in [-0.2, -0.15) is 0 Å². The van der Waals surface area contributed by atoms with Crippen molar-refractivity contribution in [3.8, 4) is 5.75 Å². The van der Waals surface area contributed by atoms with Gasteiger partial charge in [0.1, 0.15) is 5.75 Å². The zero-order chi connectivity index (χ0) is 21.1. The smallest absolute Gasteiger partial charge is 0.261 e. The number of carbonyl (C=O) groups is 3. The number of nitrogens with zero attached hydrogens (tertiary/aromatic N) is 1. The summed E-state index contributed by atoms with van der Waals surface area (Å²) in [6.07, 6.45) is 0.577. The number of amides is 3. The van der Waals surface area contributed by atoms with E-state index >= 15 is 0 Å². The third-order valence-corrected chi connectivity index (χ3v) is 5.05. The van der Waals surface area contributed by atoms with Gasteiger partial charge in [0.2, 0.25) is 0 Å². The number of ether oxygens (including phenoxy) is 1. The molecule has 1 aliphatic heterocycles. The van der Waals surface area contributed by atoms with E-state index in [4.69, 9.17) is 4.74 Å². The van der Waals surface area contributed by atoms with Gasteiger partial charge in [0.25, 0.3) is 17.7 Å². The van der Waals surface area contributed by atoms with E-state index in [1.165, 1.54) is 24.1 Å². The van der Waals surface area contributed by atoms with E-state index in [1.807, 2.05) is 30.3 Å². The lowest BCUT2D eigenvalue weighted by atomic mass is 10.1. The fraction of sp³-hybridized carbons (Fsp3) is 0.125. The lowest BCUT2D eigenvalue weighted by molar-refractivity contribution is 0.0656. The Morgan fingerprint density at radius 2 is 1.60 bits per heavy atom. The molecule has 0 spiro atoms. The molecule has 1 heterocycles. The number of anilines is 1. The number of nitrogens with one attached hydrogen (secondary N) is 1. The molecule has 3 amide bonds. The molecule has 0 saturated heterocycles. The van der Waals surface area contributed by atoms with E-state index in [-0.39, 0.29) is 23.3 Å². The van der Waals surface area contributed by atoms with Crippen molar-refractivity contribution in [2.45, 2.75) is 6.42 Å². The van der Waals surface area contributed by atoms with Crippen LogP contribution < -0.4 is 10.1 Å². The van der Waals surface area contributed by atoms with E-state index in [9.17, 15) is 14.4 Å². The second kappa shape index (κ2) is 8.21. The van der Waals surface area contributed by atoms with Crippen LogP contribution >= 0.6 is 0 Å². The highest BCUT2D eigenvalue weighted by Gasteiger charge is 2.35. The highest BCUT2D eigenvalue weighted by atomic mass is 16.5. The fourth-order valence-electron chi connectivity index (χ4n) is 3.46. The van der Waals surface area contributed by atoms with Gasteiger partial charge in [-0.05, 0) is 42.3 Å². The molecule has 3 aromatic carbocycles. The average molecular weight is 400 g/mol. The molecule has 6 nitrogen and oxygen atoms in total. The van der Waals surface area contributed by atoms with Crippen LogP contribution in [0.4, 0.5) is 5.69 Å². The summed E-state index contributed by atoms with van der Waals surface area (Å²) in [6, 6.07) is 21.3. The Morgan fingerprint density at radius 3 is 2.37 bits per heavy atom. The monoisotopic (exact) mass is 400 g/mol. The summed E-state index contributed by atoms with van der Waals surface area (Å²) >= 11 is 0. The fourth-order valence-corrected chi connectivity index (χ4v) is 3.46. The number of hydrogen-bond donors (Lipinski definition) is 1. The SMILES string of the molecule is COc1ccccc1NC(=O)c1ccc2c(c1)C(=O)N(CCc1ccccc1)C2=O. The highest BCUT2D eigenvalue weighted by molar-refractivity contribution is 6.22. The van der Waals surface area contributed by atoms with Crippen molar-refractivity contribution in [1.82, 2.24) is 4.90 Å². The molecule has 1 aliphatic rings. The Hall–Kier alpha value is -3.93. The summed E-state index contributed by atoms with van der Waals surface area (Å²) in [5, 5.41) is 2.78. The van der Waals surface area contributed by atoms with Crippen LogP contribution in [0.15, 0.2) is 72.8 Å². The van der Waals surface area contributed by atoms with Gasteiger partial charge in [0, 0.05) is 12.1 Å². The third kappa shape index (κ3) is 3.67. The van der Waals surface area contributed by atoms with Crippen LogP contribution in [0.3, 0.4) is 0 Å². The largest absolute Gasteiger partial charge is 0.495 e. The van der Waals surface area contributed by atoms with E-state index < -0.39 is 0 Å². The third-order valence-electron chi connectivity index (χ3n) is 5.05. The summed E-state index contributed by atoms with van der Waals surface area (Å²) in [5.41, 5.74) is 2.44. The highest BCUT2D eigenvalue weighted by Crippen LogP contribution is 2.27. The Kier molecular flexibility index (Phi) is 5.30. The lowest BCUT2D eigenvalue weighted by Crippen LogP contribution is -2.31. The number of benzene rings is 3. The first-order valence-electron chi connectivity index (χ1n) is 9.57. The Labute approximate surface area is 174 Å². The number of rotatable bonds is 6. The van der Waals surface area contributed by atoms with Crippen LogP contribution in [0.1, 0.15) is 36.6 Å². The van der Waals surface area contributed by atoms with E-state index in [1.54, 1.807) is 30.3 Å². The topological polar surface area (TPSA) is 75.7 Å². The molecule has 0 atom stereocenters. The first-order valence-corrected chi connectivity index (χ1v) is 9.57. The molecule has 0 bridgehead atoms.